The van der Waals surface area contributed by atoms with E-state index in [9.17, 15) is 14.7 Å². The van der Waals surface area contributed by atoms with Gasteiger partial charge in [0.25, 0.3) is 0 Å². The molecule has 0 saturated carbocycles. The topological polar surface area (TPSA) is 70.9 Å². The SMILES string of the molecule is C=C(C)COc1ccccc1C(=O)C[NH+]1CCC(C(=O)[O-])CC1. The van der Waals surface area contributed by atoms with Gasteiger partial charge in [-0.25, -0.2) is 0 Å². The molecule has 0 spiro atoms. The molecule has 0 unspecified atom stereocenters. The first kappa shape index (κ1) is 17.2. The number of carbonyl (C=O) groups is 2. The van der Waals surface area contributed by atoms with Crippen molar-refractivity contribution < 1.29 is 24.3 Å². The van der Waals surface area contributed by atoms with Crippen molar-refractivity contribution in [1.82, 2.24) is 0 Å². The third-order valence-electron chi connectivity index (χ3n) is 4.10. The highest BCUT2D eigenvalue weighted by Crippen LogP contribution is 2.19. The van der Waals surface area contributed by atoms with Crippen LogP contribution in [0.5, 0.6) is 5.75 Å². The van der Waals surface area contributed by atoms with Gasteiger partial charge in [0.15, 0.2) is 0 Å². The minimum absolute atomic E-state index is 0.0178. The number of hydrogen-bond donors (Lipinski definition) is 1. The standard InChI is InChI=1S/C18H23NO4/c1-13(2)12-23-17-6-4-3-5-15(17)16(20)11-19-9-7-14(8-10-19)18(21)22/h3-6,14H,1,7-12H2,2H3,(H,21,22). The third-order valence-corrected chi connectivity index (χ3v) is 4.10. The van der Waals surface area contributed by atoms with Crippen LogP contribution >= 0.6 is 0 Å². The van der Waals surface area contributed by atoms with E-state index < -0.39 is 5.97 Å². The average molecular weight is 317 g/mol. The van der Waals surface area contributed by atoms with Crippen molar-refractivity contribution >= 4 is 11.8 Å². The maximum atomic E-state index is 12.5. The quantitative estimate of drug-likeness (QED) is 0.562. The lowest BCUT2D eigenvalue weighted by Crippen LogP contribution is -3.14. The van der Waals surface area contributed by atoms with Gasteiger partial charge in [-0.3, -0.25) is 4.79 Å². The van der Waals surface area contributed by atoms with E-state index in [-0.39, 0.29) is 11.7 Å². The molecule has 0 aromatic heterocycles. The molecule has 23 heavy (non-hydrogen) atoms. The van der Waals surface area contributed by atoms with E-state index >= 15 is 0 Å². The zero-order valence-electron chi connectivity index (χ0n) is 13.5. The van der Waals surface area contributed by atoms with Gasteiger partial charge in [0.05, 0.1) is 18.7 Å². The summed E-state index contributed by atoms with van der Waals surface area (Å²) in [5.74, 6) is -0.761. The number of carboxylic acid groups (broad SMARTS) is 1. The van der Waals surface area contributed by atoms with Gasteiger partial charge in [0.2, 0.25) is 5.78 Å². The molecule has 1 heterocycles. The molecule has 1 aliphatic rings. The molecule has 5 nitrogen and oxygen atoms in total. The Labute approximate surface area is 136 Å². The third kappa shape index (κ3) is 4.93. The summed E-state index contributed by atoms with van der Waals surface area (Å²) >= 11 is 0. The number of ketones is 1. The molecular formula is C18H23NO4. The lowest BCUT2D eigenvalue weighted by atomic mass is 9.96. The molecule has 1 fully saturated rings. The Morgan fingerprint density at radius 1 is 1.30 bits per heavy atom. The molecule has 1 saturated heterocycles. The molecule has 1 aromatic carbocycles. The first-order chi connectivity index (χ1) is 11.0. The Morgan fingerprint density at radius 3 is 2.57 bits per heavy atom. The molecule has 0 amide bonds. The second kappa shape index (κ2) is 7.92. The predicted octanol–water partition coefficient (Wildman–Crippen LogP) is -0.131. The number of benzene rings is 1. The van der Waals surface area contributed by atoms with Crippen LogP contribution in [0.2, 0.25) is 0 Å². The van der Waals surface area contributed by atoms with Gasteiger partial charge in [0, 0.05) is 24.7 Å². The Hall–Kier alpha value is -2.14. The second-order valence-corrected chi connectivity index (χ2v) is 6.19. The molecule has 5 heteroatoms. The summed E-state index contributed by atoms with van der Waals surface area (Å²) in [7, 11) is 0. The molecule has 1 aromatic rings. The predicted molar refractivity (Wildman–Crippen MR) is 84.4 cm³/mol. The molecular weight excluding hydrogens is 294 g/mol. The number of hydrogen-bond acceptors (Lipinski definition) is 4. The molecule has 1 N–H and O–H groups in total. The highest BCUT2D eigenvalue weighted by atomic mass is 16.5. The minimum atomic E-state index is -0.978. The van der Waals surface area contributed by atoms with E-state index in [4.69, 9.17) is 4.74 Å². The maximum absolute atomic E-state index is 12.5. The Bertz CT molecular complexity index is 588. The number of likely N-dealkylation sites (tertiary alicyclic amines) is 1. The number of Topliss-reactive ketones (excluding diaryl/α,β-unsaturated/α-hetero) is 1. The van der Waals surface area contributed by atoms with Gasteiger partial charge in [-0.15, -0.1) is 0 Å². The lowest BCUT2D eigenvalue weighted by Gasteiger charge is -2.29. The van der Waals surface area contributed by atoms with Crippen LogP contribution in [-0.2, 0) is 4.79 Å². The van der Waals surface area contributed by atoms with Crippen molar-refractivity contribution in [3.8, 4) is 5.75 Å². The van der Waals surface area contributed by atoms with E-state index in [0.717, 1.165) is 10.5 Å². The fourth-order valence-electron chi connectivity index (χ4n) is 2.78. The van der Waals surface area contributed by atoms with Crippen molar-refractivity contribution in [3.05, 3.63) is 42.0 Å². The van der Waals surface area contributed by atoms with Crippen LogP contribution in [0.4, 0.5) is 0 Å². The van der Waals surface area contributed by atoms with Crippen LogP contribution in [0.25, 0.3) is 0 Å². The van der Waals surface area contributed by atoms with Crippen LogP contribution in [0.3, 0.4) is 0 Å². The normalized spacial score (nSPS) is 20.7. The highest BCUT2D eigenvalue weighted by Gasteiger charge is 2.25. The van der Waals surface area contributed by atoms with Crippen molar-refractivity contribution in [2.24, 2.45) is 5.92 Å². The number of rotatable bonds is 7. The van der Waals surface area contributed by atoms with Gasteiger partial charge < -0.3 is 19.5 Å². The minimum Gasteiger partial charge on any atom is -0.550 e. The maximum Gasteiger partial charge on any atom is 0.220 e. The Balaban J connectivity index is 1.96. The van der Waals surface area contributed by atoms with Crippen LogP contribution in [0.15, 0.2) is 36.4 Å². The highest BCUT2D eigenvalue weighted by molar-refractivity contribution is 5.99. The smallest absolute Gasteiger partial charge is 0.220 e. The molecule has 124 valence electrons. The number of quaternary nitrogens is 1. The fraction of sp³-hybridized carbons (Fsp3) is 0.444. The van der Waals surface area contributed by atoms with Gasteiger partial charge in [-0.2, -0.15) is 0 Å². The number of piperidine rings is 1. The fourth-order valence-corrected chi connectivity index (χ4v) is 2.78. The van der Waals surface area contributed by atoms with Gasteiger partial charge in [0.1, 0.15) is 18.9 Å². The van der Waals surface area contributed by atoms with Crippen LogP contribution < -0.4 is 14.7 Å². The van der Waals surface area contributed by atoms with Crippen LogP contribution in [0, 0.1) is 5.92 Å². The van der Waals surface area contributed by atoms with Gasteiger partial charge in [-0.1, -0.05) is 18.7 Å². The Kier molecular flexibility index (Phi) is 5.93. The number of nitrogens with one attached hydrogen (secondary N) is 1. The number of carbonyl (C=O) groups excluding carboxylic acids is 2. The summed E-state index contributed by atoms with van der Waals surface area (Å²) in [6.45, 7) is 7.76. The van der Waals surface area contributed by atoms with E-state index in [1.54, 1.807) is 12.1 Å². The summed E-state index contributed by atoms with van der Waals surface area (Å²) < 4.78 is 5.64. The van der Waals surface area contributed by atoms with E-state index in [1.807, 2.05) is 19.1 Å². The lowest BCUT2D eigenvalue weighted by molar-refractivity contribution is -0.897. The second-order valence-electron chi connectivity index (χ2n) is 6.19. The summed E-state index contributed by atoms with van der Waals surface area (Å²) in [6, 6.07) is 7.21. The van der Waals surface area contributed by atoms with E-state index in [1.165, 1.54) is 0 Å². The van der Waals surface area contributed by atoms with Gasteiger partial charge >= 0.3 is 0 Å². The number of carboxylic acids is 1. The molecule has 0 atom stereocenters. The summed E-state index contributed by atoms with van der Waals surface area (Å²) in [5, 5.41) is 10.9. The van der Waals surface area contributed by atoms with Crippen molar-refractivity contribution in [3.63, 3.8) is 0 Å². The zero-order valence-corrected chi connectivity index (χ0v) is 13.5. The number of para-hydroxylation sites is 1. The molecule has 2 rings (SSSR count). The number of ether oxygens (including phenoxy) is 1. The molecule has 0 aliphatic carbocycles. The first-order valence-corrected chi connectivity index (χ1v) is 7.91. The molecule has 1 aliphatic heterocycles. The van der Waals surface area contributed by atoms with Crippen LogP contribution in [0.1, 0.15) is 30.1 Å². The van der Waals surface area contributed by atoms with E-state index in [0.29, 0.717) is 50.4 Å². The van der Waals surface area contributed by atoms with E-state index in [2.05, 4.69) is 6.58 Å². The molecule has 0 radical (unpaired) electrons. The van der Waals surface area contributed by atoms with Crippen LogP contribution in [-0.4, -0.2) is 38.0 Å². The van der Waals surface area contributed by atoms with Crippen molar-refractivity contribution in [2.75, 3.05) is 26.2 Å². The first-order valence-electron chi connectivity index (χ1n) is 7.91. The zero-order chi connectivity index (χ0) is 16.8. The summed E-state index contributed by atoms with van der Waals surface area (Å²) in [6.07, 6.45) is 1.14. The summed E-state index contributed by atoms with van der Waals surface area (Å²) in [5.41, 5.74) is 1.46. The number of aliphatic carboxylic acids is 1. The van der Waals surface area contributed by atoms with Crippen molar-refractivity contribution in [2.45, 2.75) is 19.8 Å². The van der Waals surface area contributed by atoms with Crippen molar-refractivity contribution in [1.29, 1.82) is 0 Å². The monoisotopic (exact) mass is 317 g/mol. The average Bonchev–Trinajstić information content (AvgIpc) is 2.53. The molecule has 0 bridgehead atoms. The largest absolute Gasteiger partial charge is 0.550 e. The summed E-state index contributed by atoms with van der Waals surface area (Å²) in [4.78, 5) is 24.5. The Morgan fingerprint density at radius 2 is 1.96 bits per heavy atom. The van der Waals surface area contributed by atoms with Gasteiger partial charge in [-0.05, 0) is 24.6 Å².